The van der Waals surface area contributed by atoms with Gasteiger partial charge >= 0.3 is 0 Å². The first kappa shape index (κ1) is 12.9. The topological polar surface area (TPSA) is 24.9 Å². The summed E-state index contributed by atoms with van der Waals surface area (Å²) in [5.41, 5.74) is 0. The molecule has 2 rings (SSSR count). The fraction of sp³-hybridized carbons (Fsp3) is 0.643. The van der Waals surface area contributed by atoms with Crippen molar-refractivity contribution in [3.63, 3.8) is 0 Å². The highest BCUT2D eigenvalue weighted by atomic mass is 32.2. The van der Waals surface area contributed by atoms with Crippen LogP contribution in [0, 0.1) is 5.92 Å². The number of aromatic nitrogens is 1. The van der Waals surface area contributed by atoms with Crippen molar-refractivity contribution in [3.05, 3.63) is 24.5 Å². The first-order valence-electron chi connectivity index (χ1n) is 6.59. The Morgan fingerprint density at radius 2 is 2.12 bits per heavy atom. The number of thioether (sulfide) groups is 1. The van der Waals surface area contributed by atoms with Crippen molar-refractivity contribution >= 4 is 11.8 Å². The number of pyridine rings is 1. The van der Waals surface area contributed by atoms with Crippen LogP contribution in [0.5, 0.6) is 0 Å². The van der Waals surface area contributed by atoms with Gasteiger partial charge in [0.1, 0.15) is 0 Å². The monoisotopic (exact) mass is 250 g/mol. The molecule has 1 N–H and O–H groups in total. The zero-order chi connectivity index (χ0) is 12.1. The highest BCUT2D eigenvalue weighted by molar-refractivity contribution is 8.00. The van der Waals surface area contributed by atoms with Crippen LogP contribution >= 0.6 is 11.8 Å². The van der Waals surface area contributed by atoms with E-state index in [4.69, 9.17) is 0 Å². The van der Waals surface area contributed by atoms with Crippen LogP contribution in [0.3, 0.4) is 0 Å². The van der Waals surface area contributed by atoms with Gasteiger partial charge in [-0.25, -0.2) is 0 Å². The Morgan fingerprint density at radius 3 is 2.82 bits per heavy atom. The van der Waals surface area contributed by atoms with Crippen LogP contribution < -0.4 is 5.32 Å². The van der Waals surface area contributed by atoms with Gasteiger partial charge in [-0.2, -0.15) is 0 Å². The molecule has 0 spiro atoms. The van der Waals surface area contributed by atoms with Gasteiger partial charge < -0.3 is 5.32 Å². The first-order chi connectivity index (χ1) is 8.29. The third-order valence-electron chi connectivity index (χ3n) is 3.46. The zero-order valence-corrected chi connectivity index (χ0v) is 11.5. The standard InChI is InChI=1S/C14H22N2S/c1-3-16-13-5-4-11(2)10-14(13)17-12-6-8-15-9-7-12/h6-9,11,13-14,16H,3-5,10H2,1-2H3. The van der Waals surface area contributed by atoms with Gasteiger partial charge in [-0.05, 0) is 43.9 Å². The minimum Gasteiger partial charge on any atom is -0.313 e. The molecule has 94 valence electrons. The average molecular weight is 250 g/mol. The van der Waals surface area contributed by atoms with Crippen LogP contribution in [0.4, 0.5) is 0 Å². The predicted octanol–water partition coefficient (Wildman–Crippen LogP) is 3.34. The van der Waals surface area contributed by atoms with E-state index in [-0.39, 0.29) is 0 Å². The van der Waals surface area contributed by atoms with Crippen molar-refractivity contribution in [1.29, 1.82) is 0 Å². The van der Waals surface area contributed by atoms with Gasteiger partial charge in [0.15, 0.2) is 0 Å². The van der Waals surface area contributed by atoms with Crippen molar-refractivity contribution < 1.29 is 0 Å². The summed E-state index contributed by atoms with van der Waals surface area (Å²) < 4.78 is 0. The van der Waals surface area contributed by atoms with Gasteiger partial charge in [-0.1, -0.05) is 13.8 Å². The van der Waals surface area contributed by atoms with E-state index in [1.165, 1.54) is 24.2 Å². The molecule has 1 aromatic heterocycles. The van der Waals surface area contributed by atoms with Crippen molar-refractivity contribution in [1.82, 2.24) is 10.3 Å². The Labute approximate surface area is 109 Å². The van der Waals surface area contributed by atoms with Gasteiger partial charge in [0, 0.05) is 28.6 Å². The molecule has 17 heavy (non-hydrogen) atoms. The molecule has 3 atom stereocenters. The van der Waals surface area contributed by atoms with Crippen LogP contribution in [0.2, 0.25) is 0 Å². The van der Waals surface area contributed by atoms with Crippen molar-refractivity contribution in [2.45, 2.75) is 49.3 Å². The van der Waals surface area contributed by atoms with Gasteiger partial charge in [0.05, 0.1) is 0 Å². The van der Waals surface area contributed by atoms with Crippen molar-refractivity contribution in [2.24, 2.45) is 5.92 Å². The molecule has 1 aromatic rings. The fourth-order valence-corrected chi connectivity index (χ4v) is 4.00. The van der Waals surface area contributed by atoms with Gasteiger partial charge in [-0.15, -0.1) is 11.8 Å². The van der Waals surface area contributed by atoms with Crippen LogP contribution in [-0.4, -0.2) is 22.8 Å². The molecule has 0 aromatic carbocycles. The van der Waals surface area contributed by atoms with Gasteiger partial charge in [0.2, 0.25) is 0 Å². The largest absolute Gasteiger partial charge is 0.313 e. The molecule has 1 saturated carbocycles. The molecule has 1 aliphatic rings. The highest BCUT2D eigenvalue weighted by Gasteiger charge is 2.28. The predicted molar refractivity (Wildman–Crippen MR) is 74.4 cm³/mol. The second kappa shape index (κ2) is 6.41. The average Bonchev–Trinajstić information content (AvgIpc) is 2.34. The molecule has 3 unspecified atom stereocenters. The molecule has 1 heterocycles. The molecule has 2 nitrogen and oxygen atoms in total. The van der Waals surface area contributed by atoms with Crippen LogP contribution in [0.15, 0.2) is 29.4 Å². The van der Waals surface area contributed by atoms with Crippen molar-refractivity contribution in [2.75, 3.05) is 6.54 Å². The lowest BCUT2D eigenvalue weighted by molar-refractivity contribution is 0.320. The Bertz CT molecular complexity index is 328. The molecule has 0 radical (unpaired) electrons. The van der Waals surface area contributed by atoms with E-state index >= 15 is 0 Å². The molecule has 0 saturated heterocycles. The first-order valence-corrected chi connectivity index (χ1v) is 7.47. The number of hydrogen-bond donors (Lipinski definition) is 1. The second-order valence-electron chi connectivity index (χ2n) is 4.92. The summed E-state index contributed by atoms with van der Waals surface area (Å²) >= 11 is 2.01. The van der Waals surface area contributed by atoms with E-state index in [0.717, 1.165) is 12.5 Å². The summed E-state index contributed by atoms with van der Waals surface area (Å²) in [6.45, 7) is 5.65. The minimum atomic E-state index is 0.675. The number of nitrogens with zero attached hydrogens (tertiary/aromatic N) is 1. The third-order valence-corrected chi connectivity index (χ3v) is 4.83. The third kappa shape index (κ3) is 3.71. The summed E-state index contributed by atoms with van der Waals surface area (Å²) in [5, 5.41) is 4.35. The maximum Gasteiger partial charge on any atom is 0.0278 e. The van der Waals surface area contributed by atoms with Crippen LogP contribution in [-0.2, 0) is 0 Å². The van der Waals surface area contributed by atoms with E-state index in [1.54, 1.807) is 0 Å². The second-order valence-corrected chi connectivity index (χ2v) is 6.23. The van der Waals surface area contributed by atoms with Gasteiger partial charge in [-0.3, -0.25) is 4.98 Å². The Kier molecular flexibility index (Phi) is 4.86. The molecule has 0 aliphatic heterocycles. The smallest absolute Gasteiger partial charge is 0.0278 e. The normalized spacial score (nSPS) is 29.2. The number of hydrogen-bond acceptors (Lipinski definition) is 3. The van der Waals surface area contributed by atoms with E-state index in [1.807, 2.05) is 24.2 Å². The maximum atomic E-state index is 4.08. The summed E-state index contributed by atoms with van der Waals surface area (Å²) in [6.07, 6.45) is 7.78. The van der Waals surface area contributed by atoms with Crippen molar-refractivity contribution in [3.8, 4) is 0 Å². The maximum absolute atomic E-state index is 4.08. The zero-order valence-electron chi connectivity index (χ0n) is 10.7. The highest BCUT2D eigenvalue weighted by Crippen LogP contribution is 2.36. The quantitative estimate of drug-likeness (QED) is 0.887. The molecule has 1 aliphatic carbocycles. The molecule has 0 bridgehead atoms. The summed E-state index contributed by atoms with van der Waals surface area (Å²) in [5.74, 6) is 0.865. The van der Waals surface area contributed by atoms with E-state index in [2.05, 4.69) is 36.3 Å². The fourth-order valence-electron chi connectivity index (χ4n) is 2.55. The lowest BCUT2D eigenvalue weighted by atomic mass is 9.87. The lowest BCUT2D eigenvalue weighted by Crippen LogP contribution is -2.42. The summed E-state index contributed by atoms with van der Waals surface area (Å²) in [6, 6.07) is 4.91. The molecule has 1 fully saturated rings. The summed E-state index contributed by atoms with van der Waals surface area (Å²) in [7, 11) is 0. The van der Waals surface area contributed by atoms with Crippen LogP contribution in [0.1, 0.15) is 33.1 Å². The van der Waals surface area contributed by atoms with Gasteiger partial charge in [0.25, 0.3) is 0 Å². The van der Waals surface area contributed by atoms with E-state index < -0.39 is 0 Å². The summed E-state index contributed by atoms with van der Waals surface area (Å²) in [4.78, 5) is 5.43. The molecular formula is C14H22N2S. The van der Waals surface area contributed by atoms with E-state index in [0.29, 0.717) is 11.3 Å². The van der Waals surface area contributed by atoms with Crippen LogP contribution in [0.25, 0.3) is 0 Å². The van der Waals surface area contributed by atoms with E-state index in [9.17, 15) is 0 Å². The SMILES string of the molecule is CCNC1CCC(C)CC1Sc1ccncc1. The minimum absolute atomic E-state index is 0.675. The Hall–Kier alpha value is -0.540. The Morgan fingerprint density at radius 1 is 1.35 bits per heavy atom. The Balaban J connectivity index is 1.99. The number of nitrogens with one attached hydrogen (secondary N) is 1. The molecule has 0 amide bonds. The molecular weight excluding hydrogens is 228 g/mol. The number of rotatable bonds is 4. The molecule has 3 heteroatoms. The lowest BCUT2D eigenvalue weighted by Gasteiger charge is -2.35.